The maximum Gasteiger partial charge on any atom is 0.263 e. The molecule has 2 aromatic rings. The monoisotopic (exact) mass is 255 g/mol. The average molecular weight is 256 g/mol. The van der Waals surface area contributed by atoms with Crippen molar-refractivity contribution < 1.29 is 4.39 Å². The molecule has 90 valence electrons. The summed E-state index contributed by atoms with van der Waals surface area (Å²) in [5, 5.41) is 3.29. The maximum absolute atomic E-state index is 13.0. The predicted molar refractivity (Wildman–Crippen MR) is 64.7 cm³/mol. The standard InChI is InChI=1S/C11H11ClFN3O/c1-6(14-2)16-10(17)8-4-3-7(13)5-9(8)15-11(16)12/h3-6,14H,1-2H3. The Labute approximate surface area is 102 Å². The highest BCUT2D eigenvalue weighted by Crippen LogP contribution is 2.15. The van der Waals surface area contributed by atoms with Crippen LogP contribution in [0.1, 0.15) is 13.1 Å². The van der Waals surface area contributed by atoms with Gasteiger partial charge in [-0.25, -0.2) is 9.37 Å². The minimum atomic E-state index is -0.445. The van der Waals surface area contributed by atoms with Gasteiger partial charge >= 0.3 is 0 Å². The Hall–Kier alpha value is -1.46. The van der Waals surface area contributed by atoms with Crippen molar-refractivity contribution in [2.24, 2.45) is 0 Å². The molecule has 0 bridgehead atoms. The topological polar surface area (TPSA) is 46.9 Å². The third kappa shape index (κ3) is 2.03. The number of rotatable bonds is 2. The molecule has 0 saturated carbocycles. The molecular formula is C11H11ClFN3O. The fraction of sp³-hybridized carbons (Fsp3) is 0.273. The molecule has 0 fully saturated rings. The van der Waals surface area contributed by atoms with E-state index in [4.69, 9.17) is 11.6 Å². The van der Waals surface area contributed by atoms with Crippen LogP contribution in [0.25, 0.3) is 10.9 Å². The number of nitrogens with one attached hydrogen (secondary N) is 1. The predicted octanol–water partition coefficient (Wildman–Crippen LogP) is 1.93. The molecule has 0 aliphatic heterocycles. The van der Waals surface area contributed by atoms with E-state index in [1.807, 2.05) is 0 Å². The van der Waals surface area contributed by atoms with Crippen molar-refractivity contribution in [3.63, 3.8) is 0 Å². The van der Waals surface area contributed by atoms with Gasteiger partial charge in [0.05, 0.1) is 17.1 Å². The first-order valence-electron chi connectivity index (χ1n) is 5.09. The van der Waals surface area contributed by atoms with Crippen LogP contribution >= 0.6 is 11.6 Å². The van der Waals surface area contributed by atoms with Gasteiger partial charge in [-0.2, -0.15) is 0 Å². The number of aromatic nitrogens is 2. The first kappa shape index (κ1) is 12.0. The normalized spacial score (nSPS) is 12.9. The van der Waals surface area contributed by atoms with Gasteiger partial charge in [0.15, 0.2) is 0 Å². The van der Waals surface area contributed by atoms with Crippen LogP contribution in [0.15, 0.2) is 23.0 Å². The zero-order valence-corrected chi connectivity index (χ0v) is 10.1. The fourth-order valence-electron chi connectivity index (χ4n) is 1.61. The highest BCUT2D eigenvalue weighted by molar-refractivity contribution is 6.28. The van der Waals surface area contributed by atoms with Crippen molar-refractivity contribution in [2.45, 2.75) is 13.1 Å². The number of hydrogen-bond donors (Lipinski definition) is 1. The second-order valence-corrected chi connectivity index (χ2v) is 4.02. The van der Waals surface area contributed by atoms with E-state index in [9.17, 15) is 9.18 Å². The minimum Gasteiger partial charge on any atom is -0.300 e. The zero-order chi connectivity index (χ0) is 12.6. The van der Waals surface area contributed by atoms with Crippen molar-refractivity contribution >= 4 is 22.5 Å². The third-order valence-electron chi connectivity index (χ3n) is 2.63. The van der Waals surface area contributed by atoms with Gasteiger partial charge in [-0.1, -0.05) is 0 Å². The molecule has 17 heavy (non-hydrogen) atoms. The number of hydrogen-bond acceptors (Lipinski definition) is 3. The van der Waals surface area contributed by atoms with E-state index < -0.39 is 5.82 Å². The molecule has 1 aromatic carbocycles. The smallest absolute Gasteiger partial charge is 0.263 e. The summed E-state index contributed by atoms with van der Waals surface area (Å²) in [6.45, 7) is 1.78. The van der Waals surface area contributed by atoms with Crippen LogP contribution in [-0.4, -0.2) is 16.6 Å². The first-order valence-corrected chi connectivity index (χ1v) is 5.47. The van der Waals surface area contributed by atoms with Crippen LogP contribution in [0.5, 0.6) is 0 Å². The van der Waals surface area contributed by atoms with E-state index in [1.54, 1.807) is 14.0 Å². The van der Waals surface area contributed by atoms with Crippen molar-refractivity contribution in [1.82, 2.24) is 14.9 Å². The summed E-state index contributed by atoms with van der Waals surface area (Å²) in [5.41, 5.74) is -0.0265. The minimum absolute atomic E-state index is 0.0370. The van der Waals surface area contributed by atoms with E-state index in [-0.39, 0.29) is 22.5 Å². The van der Waals surface area contributed by atoms with Crippen molar-refractivity contribution in [1.29, 1.82) is 0 Å². The van der Waals surface area contributed by atoms with Gasteiger partial charge < -0.3 is 5.32 Å². The molecule has 1 atom stereocenters. The number of halogens is 2. The maximum atomic E-state index is 13.0. The fourth-order valence-corrected chi connectivity index (χ4v) is 1.92. The molecule has 0 aliphatic carbocycles. The van der Waals surface area contributed by atoms with Crippen LogP contribution in [0.3, 0.4) is 0 Å². The second kappa shape index (κ2) is 4.43. The van der Waals surface area contributed by atoms with E-state index in [1.165, 1.54) is 22.8 Å². The lowest BCUT2D eigenvalue weighted by Gasteiger charge is -2.15. The van der Waals surface area contributed by atoms with Crippen LogP contribution in [0, 0.1) is 5.82 Å². The summed E-state index contributed by atoms with van der Waals surface area (Å²) >= 11 is 5.92. The summed E-state index contributed by atoms with van der Waals surface area (Å²) < 4.78 is 14.3. The highest BCUT2D eigenvalue weighted by Gasteiger charge is 2.13. The van der Waals surface area contributed by atoms with Crippen molar-refractivity contribution in [2.75, 3.05) is 7.05 Å². The summed E-state index contributed by atoms with van der Waals surface area (Å²) in [5.74, 6) is -0.445. The Kier molecular flexibility index (Phi) is 3.13. The molecule has 0 radical (unpaired) electrons. The van der Waals surface area contributed by atoms with Crippen LogP contribution in [0.4, 0.5) is 4.39 Å². The van der Waals surface area contributed by atoms with Gasteiger partial charge in [0.2, 0.25) is 5.28 Å². The van der Waals surface area contributed by atoms with Gasteiger partial charge in [0.25, 0.3) is 5.56 Å². The molecule has 0 spiro atoms. The lowest BCUT2D eigenvalue weighted by molar-refractivity contribution is 0.461. The molecule has 1 unspecified atom stereocenters. The largest absolute Gasteiger partial charge is 0.300 e. The molecule has 0 aliphatic rings. The summed E-state index contributed by atoms with van der Waals surface area (Å²) in [4.78, 5) is 16.2. The summed E-state index contributed by atoms with van der Waals surface area (Å²) in [6, 6.07) is 3.83. The Morgan fingerprint density at radius 1 is 1.53 bits per heavy atom. The second-order valence-electron chi connectivity index (χ2n) is 3.68. The van der Waals surface area contributed by atoms with Gasteiger partial charge in [-0.15, -0.1) is 0 Å². The number of benzene rings is 1. The quantitative estimate of drug-likeness (QED) is 0.834. The van der Waals surface area contributed by atoms with Gasteiger partial charge in [0.1, 0.15) is 5.82 Å². The average Bonchev–Trinajstić information content (AvgIpc) is 2.28. The molecule has 1 N–H and O–H groups in total. The SMILES string of the molecule is CNC(C)n1c(Cl)nc2cc(F)ccc2c1=O. The highest BCUT2D eigenvalue weighted by atomic mass is 35.5. The third-order valence-corrected chi connectivity index (χ3v) is 2.89. The lowest BCUT2D eigenvalue weighted by Crippen LogP contribution is -2.31. The Bertz CT molecular complexity index is 626. The summed E-state index contributed by atoms with van der Waals surface area (Å²) in [6.07, 6.45) is -0.281. The Morgan fingerprint density at radius 3 is 2.88 bits per heavy atom. The van der Waals surface area contributed by atoms with Crippen molar-refractivity contribution in [3.8, 4) is 0 Å². The molecule has 1 heterocycles. The number of fused-ring (bicyclic) bond motifs is 1. The van der Waals surface area contributed by atoms with Crippen molar-refractivity contribution in [3.05, 3.63) is 39.7 Å². The van der Waals surface area contributed by atoms with E-state index >= 15 is 0 Å². The summed E-state index contributed by atoms with van der Waals surface area (Å²) in [7, 11) is 1.71. The molecule has 0 saturated heterocycles. The molecule has 0 amide bonds. The van der Waals surface area contributed by atoms with Gasteiger partial charge in [-0.05, 0) is 37.7 Å². The van der Waals surface area contributed by atoms with E-state index in [2.05, 4.69) is 10.3 Å². The Morgan fingerprint density at radius 2 is 2.24 bits per heavy atom. The lowest BCUT2D eigenvalue weighted by atomic mass is 10.2. The van der Waals surface area contributed by atoms with Gasteiger partial charge in [-0.3, -0.25) is 9.36 Å². The molecule has 6 heteroatoms. The first-order chi connectivity index (χ1) is 8.04. The molecule has 1 aromatic heterocycles. The molecule has 2 rings (SSSR count). The van der Waals surface area contributed by atoms with Crippen LogP contribution in [-0.2, 0) is 0 Å². The molecular weight excluding hydrogens is 245 g/mol. The van der Waals surface area contributed by atoms with E-state index in [0.29, 0.717) is 5.39 Å². The Balaban J connectivity index is 2.81. The van der Waals surface area contributed by atoms with Gasteiger partial charge in [0, 0.05) is 6.07 Å². The molecule has 4 nitrogen and oxygen atoms in total. The van der Waals surface area contributed by atoms with E-state index in [0.717, 1.165) is 0 Å². The number of nitrogens with zero attached hydrogens (tertiary/aromatic N) is 2. The van der Waals surface area contributed by atoms with Crippen LogP contribution < -0.4 is 10.9 Å². The van der Waals surface area contributed by atoms with Crippen LogP contribution in [0.2, 0.25) is 5.28 Å². The zero-order valence-electron chi connectivity index (χ0n) is 9.37.